The van der Waals surface area contributed by atoms with Crippen molar-refractivity contribution in [1.82, 2.24) is 0 Å². The summed E-state index contributed by atoms with van der Waals surface area (Å²) in [4.78, 5) is 12.3. The molecule has 0 amide bonds. The van der Waals surface area contributed by atoms with Crippen LogP contribution in [0.3, 0.4) is 0 Å². The van der Waals surface area contributed by atoms with Crippen LogP contribution in [0.1, 0.15) is 36.1 Å². The molecule has 0 aromatic carbocycles. The standard InChI is InChI=1S/C12H14O2S/c1-8-6-9(7-15-8)10-4-2-3-5-11(10)12(13)14/h6-7H,2-5H2,1H3,(H,13,14). The van der Waals surface area contributed by atoms with E-state index in [1.165, 1.54) is 4.88 Å². The van der Waals surface area contributed by atoms with E-state index in [2.05, 4.69) is 18.4 Å². The van der Waals surface area contributed by atoms with Gasteiger partial charge in [0, 0.05) is 10.5 Å². The van der Waals surface area contributed by atoms with Gasteiger partial charge in [-0.2, -0.15) is 0 Å². The summed E-state index contributed by atoms with van der Waals surface area (Å²) in [5, 5.41) is 11.2. The molecule has 15 heavy (non-hydrogen) atoms. The van der Waals surface area contributed by atoms with Gasteiger partial charge >= 0.3 is 5.97 Å². The third-order valence-electron chi connectivity index (χ3n) is 2.81. The zero-order chi connectivity index (χ0) is 10.8. The Labute approximate surface area is 93.3 Å². The molecule has 2 nitrogen and oxygen atoms in total. The zero-order valence-electron chi connectivity index (χ0n) is 8.75. The van der Waals surface area contributed by atoms with Crippen molar-refractivity contribution in [3.63, 3.8) is 0 Å². The first-order valence-electron chi connectivity index (χ1n) is 5.19. The van der Waals surface area contributed by atoms with E-state index in [1.54, 1.807) is 11.3 Å². The highest BCUT2D eigenvalue weighted by molar-refractivity contribution is 7.10. The van der Waals surface area contributed by atoms with Gasteiger partial charge in [-0.3, -0.25) is 0 Å². The van der Waals surface area contributed by atoms with E-state index >= 15 is 0 Å². The van der Waals surface area contributed by atoms with Gasteiger partial charge in [0.25, 0.3) is 0 Å². The van der Waals surface area contributed by atoms with Gasteiger partial charge in [-0.05, 0) is 55.2 Å². The smallest absolute Gasteiger partial charge is 0.331 e. The first kappa shape index (κ1) is 10.4. The van der Waals surface area contributed by atoms with E-state index in [0.717, 1.165) is 36.8 Å². The number of hydrogen-bond donors (Lipinski definition) is 1. The molecule has 0 atom stereocenters. The van der Waals surface area contributed by atoms with Crippen LogP contribution in [0.25, 0.3) is 5.57 Å². The molecule has 0 radical (unpaired) electrons. The van der Waals surface area contributed by atoms with Gasteiger partial charge in [0.15, 0.2) is 0 Å². The van der Waals surface area contributed by atoms with Crippen molar-refractivity contribution in [3.8, 4) is 0 Å². The second-order valence-electron chi connectivity index (χ2n) is 3.92. The van der Waals surface area contributed by atoms with Gasteiger partial charge < -0.3 is 5.11 Å². The maximum absolute atomic E-state index is 11.1. The van der Waals surface area contributed by atoms with Crippen LogP contribution in [0, 0.1) is 6.92 Å². The molecule has 2 rings (SSSR count). The summed E-state index contributed by atoms with van der Waals surface area (Å²) in [7, 11) is 0. The van der Waals surface area contributed by atoms with Crippen LogP contribution in [0.4, 0.5) is 0 Å². The van der Waals surface area contributed by atoms with E-state index < -0.39 is 5.97 Å². The Balaban J connectivity index is 2.43. The number of carboxylic acid groups (broad SMARTS) is 1. The molecular weight excluding hydrogens is 208 g/mol. The minimum atomic E-state index is -0.742. The number of aryl methyl sites for hydroxylation is 1. The Morgan fingerprint density at radius 3 is 2.73 bits per heavy atom. The third kappa shape index (κ3) is 2.12. The largest absolute Gasteiger partial charge is 0.478 e. The Bertz CT molecular complexity index is 415. The van der Waals surface area contributed by atoms with Crippen molar-refractivity contribution >= 4 is 22.9 Å². The summed E-state index contributed by atoms with van der Waals surface area (Å²) in [5.41, 5.74) is 2.80. The van der Waals surface area contributed by atoms with Gasteiger partial charge in [-0.25, -0.2) is 4.79 Å². The first-order chi connectivity index (χ1) is 7.18. The molecule has 0 saturated heterocycles. The number of rotatable bonds is 2. The number of aliphatic carboxylic acids is 1. The average molecular weight is 222 g/mol. The molecule has 3 heteroatoms. The van der Waals surface area contributed by atoms with Gasteiger partial charge in [0.2, 0.25) is 0 Å². The van der Waals surface area contributed by atoms with Gasteiger partial charge in [-0.15, -0.1) is 11.3 Å². The van der Waals surface area contributed by atoms with Crippen LogP contribution in [0.5, 0.6) is 0 Å². The summed E-state index contributed by atoms with van der Waals surface area (Å²) in [5.74, 6) is -0.742. The molecule has 1 aliphatic carbocycles. The molecule has 1 aliphatic rings. The van der Waals surface area contributed by atoms with E-state index in [4.69, 9.17) is 5.11 Å². The predicted molar refractivity (Wildman–Crippen MR) is 62.1 cm³/mol. The number of allylic oxidation sites excluding steroid dienone is 1. The normalized spacial score (nSPS) is 16.9. The lowest BCUT2D eigenvalue weighted by molar-refractivity contribution is -0.132. The van der Waals surface area contributed by atoms with Crippen LogP contribution in [-0.4, -0.2) is 11.1 Å². The van der Waals surface area contributed by atoms with Gasteiger partial charge in [-0.1, -0.05) is 0 Å². The second kappa shape index (κ2) is 4.19. The summed E-state index contributed by atoms with van der Waals surface area (Å²) < 4.78 is 0. The monoisotopic (exact) mass is 222 g/mol. The van der Waals surface area contributed by atoms with Crippen LogP contribution in [-0.2, 0) is 4.79 Å². The highest BCUT2D eigenvalue weighted by atomic mass is 32.1. The highest BCUT2D eigenvalue weighted by Crippen LogP contribution is 2.34. The molecule has 80 valence electrons. The minimum Gasteiger partial charge on any atom is -0.478 e. The molecule has 1 aromatic heterocycles. The number of carboxylic acids is 1. The van der Waals surface area contributed by atoms with Crippen molar-refractivity contribution in [1.29, 1.82) is 0 Å². The van der Waals surface area contributed by atoms with Crippen molar-refractivity contribution in [2.75, 3.05) is 0 Å². The molecule has 0 aliphatic heterocycles. The molecule has 0 spiro atoms. The lowest BCUT2D eigenvalue weighted by Crippen LogP contribution is -2.08. The van der Waals surface area contributed by atoms with Crippen molar-refractivity contribution in [2.24, 2.45) is 0 Å². The Hall–Kier alpha value is -1.09. The van der Waals surface area contributed by atoms with E-state index in [-0.39, 0.29) is 0 Å². The Kier molecular flexibility index (Phi) is 2.91. The summed E-state index contributed by atoms with van der Waals surface area (Å²) in [6.45, 7) is 2.05. The minimum absolute atomic E-state index is 0.624. The summed E-state index contributed by atoms with van der Waals surface area (Å²) >= 11 is 1.68. The van der Waals surface area contributed by atoms with E-state index in [9.17, 15) is 4.79 Å². The quantitative estimate of drug-likeness (QED) is 0.832. The Morgan fingerprint density at radius 2 is 2.13 bits per heavy atom. The van der Waals surface area contributed by atoms with E-state index in [1.807, 2.05) is 0 Å². The Morgan fingerprint density at radius 1 is 1.40 bits per heavy atom. The fourth-order valence-corrected chi connectivity index (χ4v) is 2.78. The average Bonchev–Trinajstić information content (AvgIpc) is 2.65. The van der Waals surface area contributed by atoms with Crippen LogP contribution in [0.2, 0.25) is 0 Å². The molecule has 0 unspecified atom stereocenters. The number of hydrogen-bond acceptors (Lipinski definition) is 2. The summed E-state index contributed by atoms with van der Waals surface area (Å²) in [6, 6.07) is 2.09. The van der Waals surface area contributed by atoms with Gasteiger partial charge in [0.1, 0.15) is 0 Å². The fourth-order valence-electron chi connectivity index (χ4n) is 2.06. The van der Waals surface area contributed by atoms with Crippen molar-refractivity contribution < 1.29 is 9.90 Å². The molecule has 0 saturated carbocycles. The maximum atomic E-state index is 11.1. The molecule has 0 fully saturated rings. The SMILES string of the molecule is Cc1cc(C2=C(C(=O)O)CCCC2)cs1. The highest BCUT2D eigenvalue weighted by Gasteiger charge is 2.19. The summed E-state index contributed by atoms with van der Waals surface area (Å²) in [6.07, 6.45) is 3.76. The zero-order valence-corrected chi connectivity index (χ0v) is 9.56. The molecule has 0 bridgehead atoms. The van der Waals surface area contributed by atoms with E-state index in [0.29, 0.717) is 5.57 Å². The van der Waals surface area contributed by atoms with Crippen molar-refractivity contribution in [2.45, 2.75) is 32.6 Å². The van der Waals surface area contributed by atoms with Gasteiger partial charge in [0.05, 0.1) is 0 Å². The third-order valence-corrected chi connectivity index (χ3v) is 3.67. The fraction of sp³-hybridized carbons (Fsp3) is 0.417. The van der Waals surface area contributed by atoms with Crippen LogP contribution >= 0.6 is 11.3 Å². The predicted octanol–water partition coefficient (Wildman–Crippen LogP) is 3.47. The molecule has 1 heterocycles. The topological polar surface area (TPSA) is 37.3 Å². The maximum Gasteiger partial charge on any atom is 0.331 e. The van der Waals surface area contributed by atoms with Crippen molar-refractivity contribution in [3.05, 3.63) is 27.5 Å². The first-order valence-corrected chi connectivity index (χ1v) is 6.07. The molecule has 1 aromatic rings. The number of carbonyl (C=O) groups is 1. The van der Waals surface area contributed by atoms with Crippen LogP contribution < -0.4 is 0 Å². The molecular formula is C12H14O2S. The number of thiophene rings is 1. The van der Waals surface area contributed by atoms with Crippen LogP contribution in [0.15, 0.2) is 17.0 Å². The lowest BCUT2D eigenvalue weighted by atomic mass is 9.88. The lowest BCUT2D eigenvalue weighted by Gasteiger charge is -2.16. The second-order valence-corrected chi connectivity index (χ2v) is 5.03. The molecule has 1 N–H and O–H groups in total.